The molecular weight excluding hydrogens is 412 g/mol. The van der Waals surface area contributed by atoms with E-state index >= 15 is 0 Å². The van der Waals surface area contributed by atoms with E-state index in [1.165, 1.54) is 19.4 Å². The van der Waals surface area contributed by atoms with E-state index in [9.17, 15) is 0 Å². The lowest BCUT2D eigenvalue weighted by molar-refractivity contribution is 0.0771. The van der Waals surface area contributed by atoms with Crippen molar-refractivity contribution in [2.45, 2.75) is 63.6 Å². The van der Waals surface area contributed by atoms with Gasteiger partial charge < -0.3 is 10.6 Å². The normalized spacial score (nSPS) is 28.9. The number of piperidine rings is 1. The second kappa shape index (κ2) is 8.31. The Hall–Kier alpha value is -3.18. The molecule has 2 bridgehead atoms. The number of hydrogen-bond donors (Lipinski definition) is 3. The number of aryl methyl sites for hydroxylation is 1. The minimum Gasteiger partial charge on any atom is -0.367 e. The average Bonchev–Trinajstić information content (AvgIpc) is 3.29. The number of H-pyrrole nitrogens is 1. The zero-order chi connectivity index (χ0) is 22.4. The Kier molecular flexibility index (Phi) is 5.14. The molecule has 3 aromatic rings. The first-order valence-electron chi connectivity index (χ1n) is 12.1. The maximum atomic E-state index is 9.09. The first-order chi connectivity index (χ1) is 16.1. The third kappa shape index (κ3) is 4.02. The van der Waals surface area contributed by atoms with Gasteiger partial charge in [-0.1, -0.05) is 0 Å². The van der Waals surface area contributed by atoms with Crippen molar-refractivity contribution in [2.75, 3.05) is 17.2 Å². The molecule has 8 nitrogen and oxygen atoms in total. The molecule has 8 heteroatoms. The largest absolute Gasteiger partial charge is 0.367 e. The number of hydrogen-bond acceptors (Lipinski definition) is 7. The number of rotatable bonds is 6. The highest BCUT2D eigenvalue weighted by Crippen LogP contribution is 2.41. The van der Waals surface area contributed by atoms with Crippen LogP contribution in [0.15, 0.2) is 30.5 Å². The van der Waals surface area contributed by atoms with E-state index in [0.717, 1.165) is 59.7 Å². The Morgan fingerprint density at radius 2 is 1.97 bits per heavy atom. The Balaban J connectivity index is 1.18. The standard InChI is InChI=1S/C25H30N8/c1-15-7-24(32-31-15)29-23-12-22-21(3-2-6-27-22)25(30-23)28-18-10-19-4-5-20(11-18)33(19)14-17-8-16(9-17)13-26/h2-3,6-7,12,16-20H,4-5,8-11,14H2,1H3,(H3,28,29,30,31,32)/t16-,17-,18?,19?,20?. The van der Waals surface area contributed by atoms with Gasteiger partial charge in [0.25, 0.3) is 0 Å². The van der Waals surface area contributed by atoms with Gasteiger partial charge in [0.2, 0.25) is 0 Å². The van der Waals surface area contributed by atoms with E-state index < -0.39 is 0 Å². The number of nitriles is 1. The van der Waals surface area contributed by atoms with Crippen LogP contribution in [0.2, 0.25) is 0 Å². The molecule has 3 N–H and O–H groups in total. The summed E-state index contributed by atoms with van der Waals surface area (Å²) in [5.74, 6) is 3.40. The molecule has 1 saturated carbocycles. The SMILES string of the molecule is Cc1cc(Nc2cc3ncccc3c(NC3CC4CCC(C3)N4C[C@H]3C[C@H](C#N)C3)n2)n[nH]1. The summed E-state index contributed by atoms with van der Waals surface area (Å²) in [5.41, 5.74) is 1.92. The number of aromatic amines is 1. The molecular formula is C25H30N8. The quantitative estimate of drug-likeness (QED) is 0.521. The van der Waals surface area contributed by atoms with Crippen LogP contribution in [0.5, 0.6) is 0 Å². The minimum atomic E-state index is 0.297. The molecule has 3 fully saturated rings. The van der Waals surface area contributed by atoms with Crippen LogP contribution in [0.3, 0.4) is 0 Å². The topological polar surface area (TPSA) is 106 Å². The molecule has 170 valence electrons. The third-order valence-electron chi connectivity index (χ3n) is 7.67. The molecule has 2 aliphatic heterocycles. The van der Waals surface area contributed by atoms with Gasteiger partial charge in [0.05, 0.1) is 11.6 Å². The molecule has 1 aliphatic carbocycles. The maximum absolute atomic E-state index is 9.09. The summed E-state index contributed by atoms with van der Waals surface area (Å²) < 4.78 is 0. The van der Waals surface area contributed by atoms with E-state index in [-0.39, 0.29) is 0 Å². The predicted molar refractivity (Wildman–Crippen MR) is 128 cm³/mol. The molecule has 3 aliphatic rings. The molecule has 3 aromatic heterocycles. The van der Waals surface area contributed by atoms with E-state index in [4.69, 9.17) is 10.2 Å². The second-order valence-corrected chi connectivity index (χ2v) is 10.0. The highest BCUT2D eigenvalue weighted by Gasteiger charge is 2.43. The summed E-state index contributed by atoms with van der Waals surface area (Å²) in [6, 6.07) is 12.1. The van der Waals surface area contributed by atoms with Crippen molar-refractivity contribution in [3.63, 3.8) is 0 Å². The molecule has 33 heavy (non-hydrogen) atoms. The highest BCUT2D eigenvalue weighted by molar-refractivity contribution is 5.91. The van der Waals surface area contributed by atoms with E-state index in [1.807, 2.05) is 31.3 Å². The van der Waals surface area contributed by atoms with Gasteiger partial charge in [-0.15, -0.1) is 0 Å². The summed E-state index contributed by atoms with van der Waals surface area (Å²) in [6.45, 7) is 3.15. The van der Waals surface area contributed by atoms with Crippen LogP contribution < -0.4 is 10.6 Å². The van der Waals surface area contributed by atoms with E-state index in [2.05, 4.69) is 42.9 Å². The van der Waals surface area contributed by atoms with Crippen LogP contribution in [0.4, 0.5) is 17.5 Å². The van der Waals surface area contributed by atoms with Gasteiger partial charge in [-0.3, -0.25) is 15.0 Å². The number of aromatic nitrogens is 4. The number of pyridine rings is 2. The molecule has 0 radical (unpaired) electrons. The molecule has 2 saturated heterocycles. The summed E-state index contributed by atoms with van der Waals surface area (Å²) >= 11 is 0. The Bertz CT molecular complexity index is 1180. The van der Waals surface area contributed by atoms with E-state index in [0.29, 0.717) is 30.0 Å². The maximum Gasteiger partial charge on any atom is 0.153 e. The molecule has 0 spiro atoms. The fourth-order valence-electron chi connectivity index (χ4n) is 6.03. The van der Waals surface area contributed by atoms with Crippen molar-refractivity contribution >= 4 is 28.4 Å². The Morgan fingerprint density at radius 1 is 1.15 bits per heavy atom. The van der Waals surface area contributed by atoms with Crippen LogP contribution in [0.25, 0.3) is 10.9 Å². The number of anilines is 3. The lowest BCUT2D eigenvalue weighted by Crippen LogP contribution is -2.50. The smallest absolute Gasteiger partial charge is 0.153 e. The molecule has 0 amide bonds. The first-order valence-corrected chi connectivity index (χ1v) is 12.1. The average molecular weight is 443 g/mol. The van der Waals surface area contributed by atoms with Gasteiger partial charge in [0, 0.05) is 60.0 Å². The molecule has 5 heterocycles. The number of fused-ring (bicyclic) bond motifs is 3. The summed E-state index contributed by atoms with van der Waals surface area (Å²) in [4.78, 5) is 12.2. The van der Waals surface area contributed by atoms with Crippen LogP contribution in [0, 0.1) is 30.1 Å². The van der Waals surface area contributed by atoms with Crippen LogP contribution in [0.1, 0.15) is 44.2 Å². The zero-order valence-corrected chi connectivity index (χ0v) is 19.0. The first kappa shape index (κ1) is 20.4. The lowest BCUT2D eigenvalue weighted by atomic mass is 9.75. The van der Waals surface area contributed by atoms with Gasteiger partial charge in [-0.05, 0) is 63.5 Å². The summed E-state index contributed by atoms with van der Waals surface area (Å²) in [5, 5.41) is 24.5. The molecule has 0 aromatic carbocycles. The summed E-state index contributed by atoms with van der Waals surface area (Å²) in [7, 11) is 0. The fourth-order valence-corrected chi connectivity index (χ4v) is 6.03. The van der Waals surface area contributed by atoms with Crippen LogP contribution in [-0.2, 0) is 0 Å². The monoisotopic (exact) mass is 442 g/mol. The summed E-state index contributed by atoms with van der Waals surface area (Å²) in [6.07, 6.45) is 8.86. The Morgan fingerprint density at radius 3 is 2.70 bits per heavy atom. The second-order valence-electron chi connectivity index (χ2n) is 10.0. The minimum absolute atomic E-state index is 0.297. The number of nitrogens with zero attached hydrogens (tertiary/aromatic N) is 5. The number of nitrogens with one attached hydrogen (secondary N) is 3. The van der Waals surface area contributed by atoms with E-state index in [1.54, 1.807) is 0 Å². The van der Waals surface area contributed by atoms with Crippen LogP contribution >= 0.6 is 0 Å². The van der Waals surface area contributed by atoms with Gasteiger partial charge in [-0.2, -0.15) is 10.4 Å². The van der Waals surface area contributed by atoms with Crippen molar-refractivity contribution in [3.05, 3.63) is 36.2 Å². The fraction of sp³-hybridized carbons (Fsp3) is 0.520. The molecule has 2 atom stereocenters. The lowest BCUT2D eigenvalue weighted by Gasteiger charge is -2.43. The van der Waals surface area contributed by atoms with Crippen molar-refractivity contribution in [1.82, 2.24) is 25.1 Å². The van der Waals surface area contributed by atoms with Gasteiger partial charge in [0.1, 0.15) is 11.6 Å². The van der Waals surface area contributed by atoms with Crippen molar-refractivity contribution in [3.8, 4) is 6.07 Å². The third-order valence-corrected chi connectivity index (χ3v) is 7.67. The predicted octanol–water partition coefficient (Wildman–Crippen LogP) is 4.36. The van der Waals surface area contributed by atoms with Gasteiger partial charge >= 0.3 is 0 Å². The van der Waals surface area contributed by atoms with Crippen molar-refractivity contribution < 1.29 is 0 Å². The Labute approximate surface area is 193 Å². The van der Waals surface area contributed by atoms with Crippen molar-refractivity contribution in [2.24, 2.45) is 11.8 Å². The molecule has 6 rings (SSSR count). The van der Waals surface area contributed by atoms with Crippen LogP contribution in [-0.4, -0.2) is 49.7 Å². The van der Waals surface area contributed by atoms with Crippen molar-refractivity contribution in [1.29, 1.82) is 5.26 Å². The van der Waals surface area contributed by atoms with Gasteiger partial charge in [0.15, 0.2) is 5.82 Å². The highest BCUT2D eigenvalue weighted by atomic mass is 15.2. The van der Waals surface area contributed by atoms with Gasteiger partial charge in [-0.25, -0.2) is 4.98 Å². The molecule has 2 unspecified atom stereocenters. The zero-order valence-electron chi connectivity index (χ0n) is 19.0.